The number of rotatable bonds is 5. The van der Waals surface area contributed by atoms with Crippen LogP contribution in [0.2, 0.25) is 10.0 Å². The summed E-state index contributed by atoms with van der Waals surface area (Å²) in [6.45, 7) is 2.87. The maximum Gasteiger partial charge on any atom is 0.135 e. The van der Waals surface area contributed by atoms with E-state index in [0.717, 1.165) is 13.0 Å². The lowest BCUT2D eigenvalue weighted by atomic mass is 10.3. The molecular weight excluding hydrogens is 302 g/mol. The Balaban J connectivity index is 2.22. The highest BCUT2D eigenvalue weighted by Gasteiger charge is 2.09. The first-order valence-electron chi connectivity index (χ1n) is 6.07. The average molecular weight is 315 g/mol. The second kappa shape index (κ2) is 6.72. The van der Waals surface area contributed by atoms with E-state index in [1.165, 1.54) is 18.5 Å². The van der Waals surface area contributed by atoms with Gasteiger partial charge in [-0.05, 0) is 18.6 Å². The van der Waals surface area contributed by atoms with Crippen LogP contribution in [0.15, 0.2) is 24.5 Å². The fourth-order valence-corrected chi connectivity index (χ4v) is 2.12. The first kappa shape index (κ1) is 14.8. The van der Waals surface area contributed by atoms with E-state index in [1.54, 1.807) is 6.07 Å². The van der Waals surface area contributed by atoms with Crippen molar-refractivity contribution in [1.82, 2.24) is 9.97 Å². The molecule has 7 heteroatoms. The van der Waals surface area contributed by atoms with Gasteiger partial charge < -0.3 is 10.6 Å². The van der Waals surface area contributed by atoms with E-state index in [-0.39, 0.29) is 10.0 Å². The van der Waals surface area contributed by atoms with E-state index in [9.17, 15) is 4.39 Å². The number of hydrogen-bond acceptors (Lipinski definition) is 4. The number of benzene rings is 1. The lowest BCUT2D eigenvalue weighted by molar-refractivity contribution is 0.628. The van der Waals surface area contributed by atoms with Crippen LogP contribution < -0.4 is 10.6 Å². The van der Waals surface area contributed by atoms with Crippen molar-refractivity contribution in [3.8, 4) is 0 Å². The van der Waals surface area contributed by atoms with Crippen LogP contribution in [0.25, 0.3) is 0 Å². The van der Waals surface area contributed by atoms with E-state index in [0.29, 0.717) is 17.3 Å². The summed E-state index contributed by atoms with van der Waals surface area (Å²) < 4.78 is 13.1. The minimum Gasteiger partial charge on any atom is -0.370 e. The van der Waals surface area contributed by atoms with Gasteiger partial charge in [-0.3, -0.25) is 0 Å². The van der Waals surface area contributed by atoms with Gasteiger partial charge in [0.2, 0.25) is 0 Å². The summed E-state index contributed by atoms with van der Waals surface area (Å²) in [5.41, 5.74) is 0.412. The lowest BCUT2D eigenvalue weighted by Crippen LogP contribution is -2.03. The van der Waals surface area contributed by atoms with Crippen LogP contribution >= 0.6 is 23.2 Å². The van der Waals surface area contributed by atoms with Crippen molar-refractivity contribution in [3.05, 3.63) is 40.4 Å². The van der Waals surface area contributed by atoms with Crippen LogP contribution in [0.5, 0.6) is 0 Å². The molecule has 2 rings (SSSR count). The smallest absolute Gasteiger partial charge is 0.135 e. The van der Waals surface area contributed by atoms with E-state index in [4.69, 9.17) is 23.2 Å². The van der Waals surface area contributed by atoms with E-state index in [1.807, 2.05) is 0 Å². The number of nitrogens with one attached hydrogen (secondary N) is 2. The molecule has 0 aliphatic carbocycles. The Hall–Kier alpha value is -1.59. The summed E-state index contributed by atoms with van der Waals surface area (Å²) in [6.07, 6.45) is 2.41. The highest BCUT2D eigenvalue weighted by molar-refractivity contribution is 6.39. The number of anilines is 3. The lowest BCUT2D eigenvalue weighted by Gasteiger charge is -2.11. The monoisotopic (exact) mass is 314 g/mol. The van der Waals surface area contributed by atoms with Crippen molar-refractivity contribution in [3.63, 3.8) is 0 Å². The Bertz CT molecular complexity index is 584. The van der Waals surface area contributed by atoms with Gasteiger partial charge in [-0.25, -0.2) is 14.4 Å². The summed E-state index contributed by atoms with van der Waals surface area (Å²) in [7, 11) is 0. The maximum atomic E-state index is 13.1. The molecule has 0 aliphatic heterocycles. The third-order valence-electron chi connectivity index (χ3n) is 2.48. The fourth-order valence-electron chi connectivity index (χ4n) is 1.57. The molecule has 0 saturated carbocycles. The molecule has 0 atom stereocenters. The number of aromatic nitrogens is 2. The Labute approximate surface area is 126 Å². The molecule has 0 saturated heterocycles. The predicted octanol–water partition coefficient (Wildman–Crippen LogP) is 4.49. The van der Waals surface area contributed by atoms with Crippen molar-refractivity contribution in [2.75, 3.05) is 17.2 Å². The highest BCUT2D eigenvalue weighted by atomic mass is 35.5. The normalized spacial score (nSPS) is 10.4. The SMILES string of the molecule is CCCNc1cc(Nc2c(Cl)cc(F)cc2Cl)ncn1. The molecular formula is C13H13Cl2FN4. The Morgan fingerprint density at radius 2 is 1.75 bits per heavy atom. The maximum absolute atomic E-state index is 13.1. The molecule has 2 N–H and O–H groups in total. The molecule has 4 nitrogen and oxygen atoms in total. The largest absolute Gasteiger partial charge is 0.370 e. The van der Waals surface area contributed by atoms with Gasteiger partial charge in [-0.15, -0.1) is 0 Å². The topological polar surface area (TPSA) is 49.8 Å². The molecule has 0 fully saturated rings. The van der Waals surface area contributed by atoms with Crippen molar-refractivity contribution in [2.24, 2.45) is 0 Å². The van der Waals surface area contributed by atoms with Crippen LogP contribution in [0, 0.1) is 5.82 Å². The van der Waals surface area contributed by atoms with Gasteiger partial charge in [0.25, 0.3) is 0 Å². The number of nitrogens with zero attached hydrogens (tertiary/aromatic N) is 2. The molecule has 0 radical (unpaired) electrons. The van der Waals surface area contributed by atoms with Crippen LogP contribution in [0.4, 0.5) is 21.7 Å². The van der Waals surface area contributed by atoms with E-state index in [2.05, 4.69) is 27.5 Å². The van der Waals surface area contributed by atoms with E-state index >= 15 is 0 Å². The molecule has 106 valence electrons. The zero-order valence-corrected chi connectivity index (χ0v) is 12.3. The van der Waals surface area contributed by atoms with Gasteiger partial charge in [0.15, 0.2) is 0 Å². The molecule has 1 aromatic carbocycles. The molecule has 20 heavy (non-hydrogen) atoms. The summed E-state index contributed by atoms with van der Waals surface area (Å²) in [5, 5.41) is 6.49. The summed E-state index contributed by atoms with van der Waals surface area (Å²) in [5.74, 6) is 0.728. The number of hydrogen-bond donors (Lipinski definition) is 2. The van der Waals surface area contributed by atoms with Crippen molar-refractivity contribution in [2.45, 2.75) is 13.3 Å². The predicted molar refractivity (Wildman–Crippen MR) is 80.5 cm³/mol. The minimum absolute atomic E-state index is 0.191. The zero-order chi connectivity index (χ0) is 14.5. The quantitative estimate of drug-likeness (QED) is 0.853. The van der Waals surface area contributed by atoms with Crippen molar-refractivity contribution < 1.29 is 4.39 Å². The second-order valence-corrected chi connectivity index (χ2v) is 4.90. The van der Waals surface area contributed by atoms with Gasteiger partial charge in [0.1, 0.15) is 23.8 Å². The minimum atomic E-state index is -0.487. The van der Waals surface area contributed by atoms with Gasteiger partial charge >= 0.3 is 0 Å². The zero-order valence-electron chi connectivity index (χ0n) is 10.8. The standard InChI is InChI=1S/C13H13Cl2FN4/c1-2-3-17-11-6-12(19-7-18-11)20-13-9(14)4-8(16)5-10(13)15/h4-7H,2-3H2,1H3,(H2,17,18,19,20). The molecule has 1 aromatic heterocycles. The molecule has 0 spiro atoms. The molecule has 0 aliphatic rings. The highest BCUT2D eigenvalue weighted by Crippen LogP contribution is 2.33. The van der Waals surface area contributed by atoms with Gasteiger partial charge in [0.05, 0.1) is 15.7 Å². The number of halogens is 3. The molecule has 1 heterocycles. The Kier molecular flexibility index (Phi) is 4.98. The molecule has 0 bridgehead atoms. The second-order valence-electron chi connectivity index (χ2n) is 4.08. The third-order valence-corrected chi connectivity index (χ3v) is 3.08. The summed E-state index contributed by atoms with van der Waals surface area (Å²) >= 11 is 11.9. The molecule has 0 unspecified atom stereocenters. The van der Waals surface area contributed by atoms with Crippen LogP contribution in [0.3, 0.4) is 0 Å². The van der Waals surface area contributed by atoms with E-state index < -0.39 is 5.82 Å². The summed E-state index contributed by atoms with van der Waals surface area (Å²) in [4.78, 5) is 8.16. The first-order valence-corrected chi connectivity index (χ1v) is 6.83. The van der Waals surface area contributed by atoms with Crippen molar-refractivity contribution in [1.29, 1.82) is 0 Å². The van der Waals surface area contributed by atoms with Crippen LogP contribution in [-0.2, 0) is 0 Å². The van der Waals surface area contributed by atoms with Gasteiger partial charge in [0, 0.05) is 12.6 Å². The fraction of sp³-hybridized carbons (Fsp3) is 0.231. The van der Waals surface area contributed by atoms with Crippen LogP contribution in [0.1, 0.15) is 13.3 Å². The molecule has 0 amide bonds. The van der Waals surface area contributed by atoms with Gasteiger partial charge in [-0.2, -0.15) is 0 Å². The Morgan fingerprint density at radius 1 is 1.10 bits per heavy atom. The van der Waals surface area contributed by atoms with Crippen molar-refractivity contribution >= 4 is 40.5 Å². The summed E-state index contributed by atoms with van der Waals surface area (Å²) in [6, 6.07) is 4.10. The Morgan fingerprint density at radius 3 is 2.40 bits per heavy atom. The first-order chi connectivity index (χ1) is 9.60. The van der Waals surface area contributed by atoms with Crippen LogP contribution in [-0.4, -0.2) is 16.5 Å². The average Bonchev–Trinajstić information content (AvgIpc) is 2.41. The third kappa shape index (κ3) is 3.71. The van der Waals surface area contributed by atoms with Gasteiger partial charge in [-0.1, -0.05) is 30.1 Å². The molecule has 2 aromatic rings.